The molecule has 0 aromatic heterocycles. The lowest BCUT2D eigenvalue weighted by Gasteiger charge is -2.44. The Hall–Kier alpha value is -2.40. The SMILES string of the molecule is CCc1cc(-c2ccc(F)c(F)c2F)ccc1C1=C(C)C(C)(CC)OC(C)(C)C1=O. The first-order chi connectivity index (χ1) is 14.0. The summed E-state index contributed by atoms with van der Waals surface area (Å²) in [5, 5.41) is 0. The molecule has 0 N–H and O–H groups in total. The monoisotopic (exact) mass is 416 g/mol. The van der Waals surface area contributed by atoms with Gasteiger partial charge in [-0.25, -0.2) is 13.2 Å². The number of hydrogen-bond acceptors (Lipinski definition) is 2. The summed E-state index contributed by atoms with van der Waals surface area (Å²) >= 11 is 0. The Balaban J connectivity index is 2.22. The predicted molar refractivity (Wildman–Crippen MR) is 113 cm³/mol. The highest BCUT2D eigenvalue weighted by atomic mass is 19.2. The van der Waals surface area contributed by atoms with E-state index in [2.05, 4.69) is 0 Å². The van der Waals surface area contributed by atoms with Crippen LogP contribution >= 0.6 is 0 Å². The van der Waals surface area contributed by atoms with Crippen LogP contribution in [0.25, 0.3) is 16.7 Å². The van der Waals surface area contributed by atoms with Crippen molar-refractivity contribution in [2.45, 2.75) is 65.6 Å². The van der Waals surface area contributed by atoms with Crippen LogP contribution in [0.4, 0.5) is 13.2 Å². The predicted octanol–water partition coefficient (Wildman–Crippen LogP) is 6.65. The van der Waals surface area contributed by atoms with Gasteiger partial charge in [0.2, 0.25) is 0 Å². The molecule has 0 saturated heterocycles. The second-order valence-electron chi connectivity index (χ2n) is 8.47. The van der Waals surface area contributed by atoms with Crippen LogP contribution in [0.15, 0.2) is 35.9 Å². The van der Waals surface area contributed by atoms with Crippen molar-refractivity contribution in [2.75, 3.05) is 0 Å². The Kier molecular flexibility index (Phi) is 5.72. The zero-order chi connectivity index (χ0) is 22.4. The first-order valence-corrected chi connectivity index (χ1v) is 10.2. The van der Waals surface area contributed by atoms with Crippen LogP contribution in [-0.2, 0) is 16.0 Å². The summed E-state index contributed by atoms with van der Waals surface area (Å²) < 4.78 is 47.5. The molecule has 0 amide bonds. The van der Waals surface area contributed by atoms with Crippen LogP contribution in [0, 0.1) is 17.5 Å². The summed E-state index contributed by atoms with van der Waals surface area (Å²) in [5.41, 5.74) is 1.93. The largest absolute Gasteiger partial charge is 0.357 e. The highest BCUT2D eigenvalue weighted by Crippen LogP contribution is 2.44. The zero-order valence-corrected chi connectivity index (χ0v) is 18.3. The van der Waals surface area contributed by atoms with Gasteiger partial charge in [0.1, 0.15) is 5.60 Å². The van der Waals surface area contributed by atoms with Gasteiger partial charge in [0.15, 0.2) is 23.2 Å². The molecule has 2 aromatic rings. The number of carbonyl (C=O) groups excluding carboxylic acids is 1. The summed E-state index contributed by atoms with van der Waals surface area (Å²) in [6.07, 6.45) is 1.29. The van der Waals surface area contributed by atoms with Gasteiger partial charge in [0.05, 0.1) is 5.60 Å². The molecule has 0 aliphatic carbocycles. The summed E-state index contributed by atoms with van der Waals surface area (Å²) in [6.45, 7) is 11.4. The van der Waals surface area contributed by atoms with E-state index in [4.69, 9.17) is 4.74 Å². The molecule has 1 aliphatic rings. The quantitative estimate of drug-likeness (QED) is 0.522. The van der Waals surface area contributed by atoms with Crippen molar-refractivity contribution in [1.82, 2.24) is 0 Å². The first-order valence-electron chi connectivity index (χ1n) is 10.2. The molecule has 0 radical (unpaired) electrons. The molecule has 3 rings (SSSR count). The summed E-state index contributed by atoms with van der Waals surface area (Å²) in [5.74, 6) is -4.04. The Labute approximate surface area is 175 Å². The Morgan fingerprint density at radius 2 is 1.57 bits per heavy atom. The third-order valence-electron chi connectivity index (χ3n) is 6.20. The number of ether oxygens (including phenoxy) is 1. The summed E-state index contributed by atoms with van der Waals surface area (Å²) in [7, 11) is 0. The van der Waals surface area contributed by atoms with E-state index >= 15 is 0 Å². The normalized spacial score (nSPS) is 21.3. The highest BCUT2D eigenvalue weighted by molar-refractivity contribution is 6.26. The molecular weight excluding hydrogens is 389 g/mol. The van der Waals surface area contributed by atoms with Gasteiger partial charge >= 0.3 is 0 Å². The van der Waals surface area contributed by atoms with Crippen molar-refractivity contribution in [2.24, 2.45) is 0 Å². The number of aryl methyl sites for hydroxylation is 1. The molecule has 1 atom stereocenters. The van der Waals surface area contributed by atoms with E-state index in [1.165, 1.54) is 6.07 Å². The number of rotatable bonds is 4. The fraction of sp³-hybridized carbons (Fsp3) is 0.400. The lowest BCUT2D eigenvalue weighted by molar-refractivity contribution is -0.155. The van der Waals surface area contributed by atoms with Gasteiger partial charge in [0, 0.05) is 11.1 Å². The number of halogens is 3. The number of ketones is 1. The number of hydrogen-bond donors (Lipinski definition) is 0. The van der Waals surface area contributed by atoms with Crippen LogP contribution in [0.2, 0.25) is 0 Å². The third kappa shape index (κ3) is 3.49. The lowest BCUT2D eigenvalue weighted by Crippen LogP contribution is -2.50. The van der Waals surface area contributed by atoms with E-state index in [0.29, 0.717) is 24.0 Å². The smallest absolute Gasteiger partial charge is 0.195 e. The van der Waals surface area contributed by atoms with Crippen LogP contribution in [0.3, 0.4) is 0 Å². The maximum Gasteiger partial charge on any atom is 0.195 e. The molecule has 0 fully saturated rings. The molecule has 160 valence electrons. The second-order valence-corrected chi connectivity index (χ2v) is 8.47. The van der Waals surface area contributed by atoms with Crippen LogP contribution < -0.4 is 0 Å². The fourth-order valence-corrected chi connectivity index (χ4v) is 4.13. The van der Waals surface area contributed by atoms with E-state index < -0.39 is 28.7 Å². The van der Waals surface area contributed by atoms with Gasteiger partial charge in [-0.2, -0.15) is 0 Å². The Bertz CT molecular complexity index is 1050. The van der Waals surface area contributed by atoms with E-state index in [1.54, 1.807) is 32.0 Å². The average molecular weight is 416 g/mol. The van der Waals surface area contributed by atoms with E-state index in [0.717, 1.165) is 22.8 Å². The van der Waals surface area contributed by atoms with Crippen LogP contribution in [0.1, 0.15) is 59.1 Å². The van der Waals surface area contributed by atoms with Gasteiger partial charge in [-0.15, -0.1) is 0 Å². The van der Waals surface area contributed by atoms with Crippen LogP contribution in [-0.4, -0.2) is 17.0 Å². The van der Waals surface area contributed by atoms with Crippen molar-refractivity contribution in [3.8, 4) is 11.1 Å². The topological polar surface area (TPSA) is 26.3 Å². The molecule has 2 nitrogen and oxygen atoms in total. The average Bonchev–Trinajstić information content (AvgIpc) is 2.71. The molecule has 2 aromatic carbocycles. The van der Waals surface area contributed by atoms with Gasteiger partial charge < -0.3 is 4.74 Å². The van der Waals surface area contributed by atoms with Crippen molar-refractivity contribution in [3.63, 3.8) is 0 Å². The Morgan fingerprint density at radius 1 is 0.933 bits per heavy atom. The zero-order valence-electron chi connectivity index (χ0n) is 18.3. The Morgan fingerprint density at radius 3 is 2.17 bits per heavy atom. The minimum atomic E-state index is -1.49. The number of benzene rings is 2. The molecule has 0 bridgehead atoms. The standard InChI is InChI=1S/C25H27F3O2/c1-7-15-13-16(18-11-12-19(26)22(28)21(18)27)9-10-17(15)20-14(3)25(6,8-2)30-24(4,5)23(20)29/h9-13H,7-8H2,1-6H3. The number of Topliss-reactive ketones (excluding diaryl/α,β-unsaturated/α-hetero) is 1. The van der Waals surface area contributed by atoms with Crippen LogP contribution in [0.5, 0.6) is 0 Å². The first kappa shape index (κ1) is 22.3. The van der Waals surface area contributed by atoms with E-state index in [9.17, 15) is 18.0 Å². The fourth-order valence-electron chi connectivity index (χ4n) is 4.13. The molecular formula is C25H27F3O2. The minimum Gasteiger partial charge on any atom is -0.357 e. The maximum absolute atomic E-state index is 14.3. The highest BCUT2D eigenvalue weighted by Gasteiger charge is 2.46. The third-order valence-corrected chi connectivity index (χ3v) is 6.20. The van der Waals surface area contributed by atoms with Crippen molar-refractivity contribution < 1.29 is 22.7 Å². The van der Waals surface area contributed by atoms with Gasteiger partial charge in [0.25, 0.3) is 0 Å². The van der Waals surface area contributed by atoms with Gasteiger partial charge in [-0.1, -0.05) is 32.0 Å². The molecule has 1 unspecified atom stereocenters. The molecule has 0 saturated carbocycles. The number of carbonyl (C=O) groups is 1. The van der Waals surface area contributed by atoms with Crippen molar-refractivity contribution in [3.05, 3.63) is 64.5 Å². The summed E-state index contributed by atoms with van der Waals surface area (Å²) in [4.78, 5) is 13.3. The van der Waals surface area contributed by atoms with E-state index in [-0.39, 0.29) is 11.3 Å². The van der Waals surface area contributed by atoms with Crippen molar-refractivity contribution >= 4 is 11.4 Å². The molecule has 30 heavy (non-hydrogen) atoms. The second kappa shape index (κ2) is 7.69. The van der Waals surface area contributed by atoms with Gasteiger partial charge in [-0.05, 0) is 74.9 Å². The lowest BCUT2D eigenvalue weighted by atomic mass is 9.76. The molecule has 1 heterocycles. The minimum absolute atomic E-state index is 0.0159. The molecule has 5 heteroatoms. The maximum atomic E-state index is 14.3. The van der Waals surface area contributed by atoms with Gasteiger partial charge in [-0.3, -0.25) is 4.79 Å². The molecule has 0 spiro atoms. The van der Waals surface area contributed by atoms with Crippen molar-refractivity contribution in [1.29, 1.82) is 0 Å². The summed E-state index contributed by atoms with van der Waals surface area (Å²) in [6, 6.07) is 7.29. The molecule has 1 aliphatic heterocycles. The van der Waals surface area contributed by atoms with E-state index in [1.807, 2.05) is 27.7 Å².